The van der Waals surface area contributed by atoms with Crippen LogP contribution in [0, 0.1) is 0 Å². The third kappa shape index (κ3) is 2.94. The highest BCUT2D eigenvalue weighted by atomic mass is 32.1. The van der Waals surface area contributed by atoms with Gasteiger partial charge in [-0.25, -0.2) is 4.98 Å². The van der Waals surface area contributed by atoms with E-state index in [0.717, 1.165) is 11.5 Å². The predicted octanol–water partition coefficient (Wildman–Crippen LogP) is 10.1. The molecule has 0 fully saturated rings. The van der Waals surface area contributed by atoms with Crippen molar-refractivity contribution in [3.63, 3.8) is 0 Å². The number of para-hydroxylation sites is 2. The molecule has 0 saturated carbocycles. The van der Waals surface area contributed by atoms with Crippen molar-refractivity contribution in [1.29, 1.82) is 0 Å². The maximum Gasteiger partial charge on any atom is 0.205 e. The summed E-state index contributed by atoms with van der Waals surface area (Å²) in [5.41, 5.74) is 7.96. The van der Waals surface area contributed by atoms with Crippen LogP contribution >= 0.6 is 11.3 Å². The lowest BCUT2D eigenvalue weighted by Crippen LogP contribution is -2.46. The summed E-state index contributed by atoms with van der Waals surface area (Å²) < 4.78 is 7.48. The van der Waals surface area contributed by atoms with E-state index in [0.29, 0.717) is 0 Å². The van der Waals surface area contributed by atoms with Crippen LogP contribution in [-0.4, -0.2) is 19.7 Å². The number of thiophene rings is 1. The van der Waals surface area contributed by atoms with Gasteiger partial charge in [0.2, 0.25) is 5.95 Å². The third-order valence-electron chi connectivity index (χ3n) is 9.79. The number of anilines is 1. The Morgan fingerprint density at radius 2 is 1.40 bits per heavy atom. The number of benzene rings is 5. The number of hydrogen-bond acceptors (Lipinski definition) is 3. The molecule has 0 aliphatic carbocycles. The molecule has 4 heterocycles. The minimum atomic E-state index is -0.172. The van der Waals surface area contributed by atoms with Crippen LogP contribution in [0.15, 0.2) is 103 Å². The number of fused-ring (bicyclic) bond motifs is 10. The summed E-state index contributed by atoms with van der Waals surface area (Å²) in [6, 6.07) is 37.4. The summed E-state index contributed by atoms with van der Waals surface area (Å²) in [5, 5.41) is 8.89. The van der Waals surface area contributed by atoms with E-state index in [1.165, 1.54) is 64.3 Å². The molecule has 5 aromatic carbocycles. The number of imidazole rings is 1. The minimum absolute atomic E-state index is 0.133. The van der Waals surface area contributed by atoms with Crippen molar-refractivity contribution in [2.24, 2.45) is 0 Å². The summed E-state index contributed by atoms with van der Waals surface area (Å²) in [6.45, 7) is 9.21. The van der Waals surface area contributed by atoms with Crippen LogP contribution in [0.1, 0.15) is 27.7 Å². The van der Waals surface area contributed by atoms with Crippen LogP contribution in [0.5, 0.6) is 0 Å². The zero-order valence-corrected chi connectivity index (χ0v) is 24.9. The van der Waals surface area contributed by atoms with Gasteiger partial charge in [-0.2, -0.15) is 0 Å². The highest BCUT2D eigenvalue weighted by Crippen LogP contribution is 2.51. The van der Waals surface area contributed by atoms with Crippen LogP contribution in [-0.2, 0) is 5.54 Å². The molecule has 42 heavy (non-hydrogen) atoms. The molecule has 0 radical (unpaired) electrons. The van der Waals surface area contributed by atoms with Crippen LogP contribution in [0.25, 0.3) is 69.8 Å². The van der Waals surface area contributed by atoms with Crippen molar-refractivity contribution in [3.8, 4) is 16.8 Å². The molecule has 0 atom stereocenters. The van der Waals surface area contributed by atoms with Gasteiger partial charge in [0.1, 0.15) is 5.52 Å². The van der Waals surface area contributed by atoms with Crippen molar-refractivity contribution < 1.29 is 0 Å². The van der Waals surface area contributed by atoms with Crippen LogP contribution in [0.4, 0.5) is 5.95 Å². The van der Waals surface area contributed by atoms with Gasteiger partial charge in [-0.15, -0.1) is 11.3 Å². The Balaban J connectivity index is 1.47. The van der Waals surface area contributed by atoms with Crippen molar-refractivity contribution in [1.82, 2.24) is 14.1 Å². The fourth-order valence-corrected chi connectivity index (χ4v) is 8.28. The molecule has 0 unspecified atom stereocenters. The Morgan fingerprint density at radius 1 is 0.690 bits per heavy atom. The maximum atomic E-state index is 5.38. The molecule has 204 valence electrons. The Bertz CT molecular complexity index is 2380. The van der Waals surface area contributed by atoms with E-state index in [2.05, 4.69) is 145 Å². The quantitative estimate of drug-likeness (QED) is 0.227. The second kappa shape index (κ2) is 8.02. The van der Waals surface area contributed by atoms with Gasteiger partial charge in [-0.1, -0.05) is 66.7 Å². The molecule has 0 spiro atoms. The van der Waals surface area contributed by atoms with E-state index in [9.17, 15) is 0 Å². The van der Waals surface area contributed by atoms with Crippen LogP contribution in [0.2, 0.25) is 0 Å². The van der Waals surface area contributed by atoms with Crippen molar-refractivity contribution in [2.45, 2.75) is 38.8 Å². The molecule has 0 saturated heterocycles. The normalized spacial score (nSPS) is 15.7. The monoisotopic (exact) mass is 562 g/mol. The van der Waals surface area contributed by atoms with E-state index in [4.69, 9.17) is 4.98 Å². The second-order valence-electron chi connectivity index (χ2n) is 12.6. The van der Waals surface area contributed by atoms with Gasteiger partial charge in [0.15, 0.2) is 0 Å². The summed E-state index contributed by atoms with van der Waals surface area (Å²) >= 11 is 1.88. The Kier molecular flexibility index (Phi) is 4.59. The lowest BCUT2D eigenvalue weighted by atomic mass is 9.84. The van der Waals surface area contributed by atoms with Crippen molar-refractivity contribution in [2.75, 3.05) is 5.32 Å². The lowest BCUT2D eigenvalue weighted by molar-refractivity contribution is 0.270. The van der Waals surface area contributed by atoms with E-state index in [1.54, 1.807) is 0 Å². The largest absolute Gasteiger partial charge is 0.348 e. The first-order valence-electron chi connectivity index (χ1n) is 14.6. The molecule has 9 rings (SSSR count). The summed E-state index contributed by atoms with van der Waals surface area (Å²) in [7, 11) is 0. The van der Waals surface area contributed by atoms with Crippen molar-refractivity contribution in [3.05, 3.63) is 103 Å². The van der Waals surface area contributed by atoms with Gasteiger partial charge in [0.25, 0.3) is 0 Å². The van der Waals surface area contributed by atoms with Crippen molar-refractivity contribution >= 4 is 70.3 Å². The standard InChI is InChI=1S/C37H30N4S/c1-36(2)37(3,4)41-33-32(38-35(41)39-36)26(21-27-23-15-9-11-20-30(23)42-34(27)33)24-17-12-19-29-31(24)25-16-8-10-18-28(25)40(29)22-13-6-5-7-14-22/h5-21H,1-4H3,(H,38,39). The SMILES string of the molecule is CC1(C)Nc2nc3c(-c4cccc5c4c4ccccc4n5-c4ccccc4)cc4c5ccccc5sc4c3n2C1(C)C. The number of aromatic nitrogens is 3. The van der Waals surface area contributed by atoms with Crippen LogP contribution in [0.3, 0.4) is 0 Å². The average Bonchev–Trinajstić information content (AvgIpc) is 3.69. The summed E-state index contributed by atoms with van der Waals surface area (Å²) in [5.74, 6) is 0.949. The second-order valence-corrected chi connectivity index (χ2v) is 13.6. The molecule has 0 bridgehead atoms. The van der Waals surface area contributed by atoms with E-state index < -0.39 is 0 Å². The summed E-state index contributed by atoms with van der Waals surface area (Å²) in [4.78, 5) is 5.38. The number of nitrogens with zero attached hydrogens (tertiary/aromatic N) is 3. The fraction of sp³-hybridized carbons (Fsp3) is 0.162. The first-order chi connectivity index (χ1) is 20.3. The number of rotatable bonds is 2. The molecule has 5 heteroatoms. The van der Waals surface area contributed by atoms with Gasteiger partial charge in [-0.05, 0) is 69.7 Å². The molecular formula is C37H30N4S. The molecule has 1 N–H and O–H groups in total. The Labute approximate surface area is 247 Å². The molecule has 1 aliphatic heterocycles. The highest BCUT2D eigenvalue weighted by Gasteiger charge is 2.47. The van der Waals surface area contributed by atoms with Gasteiger partial charge in [0.05, 0.1) is 32.3 Å². The maximum absolute atomic E-state index is 5.38. The number of hydrogen-bond donors (Lipinski definition) is 1. The predicted molar refractivity (Wildman–Crippen MR) is 179 cm³/mol. The van der Waals surface area contributed by atoms with E-state index in [-0.39, 0.29) is 11.1 Å². The van der Waals surface area contributed by atoms with Gasteiger partial charge < -0.3 is 14.5 Å². The van der Waals surface area contributed by atoms with Crippen LogP contribution < -0.4 is 5.32 Å². The Morgan fingerprint density at radius 3 is 2.24 bits per heavy atom. The van der Waals surface area contributed by atoms with Gasteiger partial charge in [0, 0.05) is 37.5 Å². The molecule has 3 aromatic heterocycles. The van der Waals surface area contributed by atoms with Gasteiger partial charge in [-0.3, -0.25) is 0 Å². The topological polar surface area (TPSA) is 34.8 Å². The smallest absolute Gasteiger partial charge is 0.205 e. The lowest BCUT2D eigenvalue weighted by Gasteiger charge is -2.36. The molecule has 8 aromatic rings. The van der Waals surface area contributed by atoms with E-state index in [1.807, 2.05) is 11.3 Å². The molecular weight excluding hydrogens is 533 g/mol. The minimum Gasteiger partial charge on any atom is -0.348 e. The third-order valence-corrected chi connectivity index (χ3v) is 11.0. The first kappa shape index (κ1) is 24.0. The first-order valence-corrected chi connectivity index (χ1v) is 15.4. The number of nitrogens with one attached hydrogen (secondary N) is 1. The molecule has 0 amide bonds. The highest BCUT2D eigenvalue weighted by molar-refractivity contribution is 7.26. The summed E-state index contributed by atoms with van der Waals surface area (Å²) in [6.07, 6.45) is 0. The zero-order chi connectivity index (χ0) is 28.4. The molecule has 4 nitrogen and oxygen atoms in total. The van der Waals surface area contributed by atoms with E-state index >= 15 is 0 Å². The molecule has 1 aliphatic rings. The average molecular weight is 563 g/mol. The van der Waals surface area contributed by atoms with Gasteiger partial charge >= 0.3 is 0 Å². The Hall–Kier alpha value is -4.61. The zero-order valence-electron chi connectivity index (χ0n) is 24.1. The fourth-order valence-electron chi connectivity index (χ4n) is 7.06.